The Morgan fingerprint density at radius 3 is 2.72 bits per heavy atom. The minimum absolute atomic E-state index is 0.0517. The highest BCUT2D eigenvalue weighted by Gasteiger charge is 2.30. The van der Waals surface area contributed by atoms with E-state index in [1.165, 1.54) is 11.1 Å². The van der Waals surface area contributed by atoms with Crippen molar-refractivity contribution >= 4 is 5.91 Å². The number of nitrogens with one attached hydrogen (secondary N) is 1. The first-order valence-corrected chi connectivity index (χ1v) is 6.53. The Kier molecular flexibility index (Phi) is 3.44. The van der Waals surface area contributed by atoms with Gasteiger partial charge >= 0.3 is 0 Å². The molecule has 0 fully saturated rings. The van der Waals surface area contributed by atoms with Crippen molar-refractivity contribution in [3.63, 3.8) is 0 Å². The highest BCUT2D eigenvalue weighted by atomic mass is 16.2. The van der Waals surface area contributed by atoms with Gasteiger partial charge in [-0.3, -0.25) is 4.79 Å². The Balaban J connectivity index is 2.06. The molecule has 1 aromatic rings. The third-order valence-electron chi connectivity index (χ3n) is 3.66. The van der Waals surface area contributed by atoms with Gasteiger partial charge in [0.15, 0.2) is 0 Å². The molecule has 2 rings (SSSR count). The van der Waals surface area contributed by atoms with Crippen molar-refractivity contribution in [3.05, 3.63) is 35.4 Å². The Morgan fingerprint density at radius 1 is 1.39 bits per heavy atom. The second kappa shape index (κ2) is 4.73. The number of carbonyl (C=O) groups is 1. The smallest absolute Gasteiger partial charge is 0.237 e. The van der Waals surface area contributed by atoms with Gasteiger partial charge in [0.1, 0.15) is 0 Å². The summed E-state index contributed by atoms with van der Waals surface area (Å²) >= 11 is 0. The maximum absolute atomic E-state index is 12.1. The second-order valence-corrected chi connectivity index (χ2v) is 6.14. The number of rotatable bonds is 2. The van der Waals surface area contributed by atoms with E-state index < -0.39 is 6.04 Å². The van der Waals surface area contributed by atoms with E-state index in [1.807, 2.05) is 32.9 Å². The summed E-state index contributed by atoms with van der Waals surface area (Å²) in [6.45, 7) is 5.96. The van der Waals surface area contributed by atoms with Crippen LogP contribution < -0.4 is 11.1 Å². The van der Waals surface area contributed by atoms with Crippen LogP contribution in [0.3, 0.4) is 0 Å². The number of hydrogen-bond acceptors (Lipinski definition) is 2. The van der Waals surface area contributed by atoms with Gasteiger partial charge in [-0.1, -0.05) is 45.0 Å². The van der Waals surface area contributed by atoms with Crippen molar-refractivity contribution < 1.29 is 4.79 Å². The van der Waals surface area contributed by atoms with Crippen molar-refractivity contribution in [2.24, 2.45) is 11.1 Å². The minimum atomic E-state index is -0.467. The molecule has 1 amide bonds. The molecule has 3 nitrogen and oxygen atoms in total. The molecule has 0 aliphatic heterocycles. The largest absolute Gasteiger partial charge is 0.348 e. The Hall–Kier alpha value is -1.35. The van der Waals surface area contributed by atoms with E-state index in [2.05, 4.69) is 17.4 Å². The molecule has 98 valence electrons. The predicted molar refractivity (Wildman–Crippen MR) is 73.1 cm³/mol. The zero-order valence-corrected chi connectivity index (χ0v) is 11.4. The lowest BCUT2D eigenvalue weighted by atomic mass is 9.86. The number of nitrogens with two attached hydrogens (primary N) is 1. The third-order valence-corrected chi connectivity index (χ3v) is 3.66. The summed E-state index contributed by atoms with van der Waals surface area (Å²) in [5.74, 6) is -0.0517. The summed E-state index contributed by atoms with van der Waals surface area (Å²) in [5, 5.41) is 3.08. The van der Waals surface area contributed by atoms with Crippen LogP contribution in [0.5, 0.6) is 0 Å². The Morgan fingerprint density at radius 2 is 2.06 bits per heavy atom. The molecular weight excluding hydrogens is 224 g/mol. The van der Waals surface area contributed by atoms with Gasteiger partial charge in [-0.25, -0.2) is 0 Å². The van der Waals surface area contributed by atoms with Crippen LogP contribution in [-0.4, -0.2) is 11.9 Å². The molecule has 0 spiro atoms. The average molecular weight is 246 g/mol. The first kappa shape index (κ1) is 13.1. The maximum Gasteiger partial charge on any atom is 0.237 e. The zero-order chi connectivity index (χ0) is 13.3. The molecule has 1 aliphatic carbocycles. The van der Waals surface area contributed by atoms with Gasteiger partial charge in [-0.15, -0.1) is 0 Å². The summed E-state index contributed by atoms with van der Waals surface area (Å²) in [6.07, 6.45) is 2.01. The summed E-state index contributed by atoms with van der Waals surface area (Å²) in [5.41, 5.74) is 8.36. The molecular formula is C15H22N2O. The van der Waals surface area contributed by atoms with E-state index >= 15 is 0 Å². The molecule has 0 radical (unpaired) electrons. The van der Waals surface area contributed by atoms with E-state index in [1.54, 1.807) is 0 Å². The molecule has 3 heteroatoms. The quantitative estimate of drug-likeness (QED) is 0.840. The molecule has 1 aliphatic rings. The number of fused-ring (bicyclic) bond motifs is 1. The van der Waals surface area contributed by atoms with Crippen LogP contribution in [-0.2, 0) is 11.2 Å². The van der Waals surface area contributed by atoms with Crippen LogP contribution in [0.2, 0.25) is 0 Å². The lowest BCUT2D eigenvalue weighted by Crippen LogP contribution is -2.49. The third kappa shape index (κ3) is 2.56. The van der Waals surface area contributed by atoms with Crippen LogP contribution in [0.1, 0.15) is 44.4 Å². The molecule has 0 aromatic heterocycles. The van der Waals surface area contributed by atoms with Gasteiger partial charge < -0.3 is 11.1 Å². The fourth-order valence-electron chi connectivity index (χ4n) is 2.36. The van der Waals surface area contributed by atoms with E-state index in [0.29, 0.717) is 0 Å². The topological polar surface area (TPSA) is 55.1 Å². The fourth-order valence-corrected chi connectivity index (χ4v) is 2.36. The Labute approximate surface area is 109 Å². The van der Waals surface area contributed by atoms with Crippen molar-refractivity contribution in [2.45, 2.75) is 45.7 Å². The Bertz CT molecular complexity index is 448. The molecule has 0 bridgehead atoms. The minimum Gasteiger partial charge on any atom is -0.348 e. The average Bonchev–Trinajstić information content (AvgIpc) is 2.70. The van der Waals surface area contributed by atoms with Crippen molar-refractivity contribution in [3.8, 4) is 0 Å². The van der Waals surface area contributed by atoms with Crippen molar-refractivity contribution in [1.82, 2.24) is 5.32 Å². The molecule has 0 heterocycles. The molecule has 3 N–H and O–H groups in total. The van der Waals surface area contributed by atoms with Crippen LogP contribution in [0.25, 0.3) is 0 Å². The molecule has 2 atom stereocenters. The molecule has 0 saturated carbocycles. The van der Waals surface area contributed by atoms with Crippen LogP contribution in [0, 0.1) is 5.41 Å². The summed E-state index contributed by atoms with van der Waals surface area (Å²) in [7, 11) is 0. The normalized spacial score (nSPS) is 20.3. The zero-order valence-electron chi connectivity index (χ0n) is 11.4. The standard InChI is InChI=1S/C15H22N2O/c1-15(2,3)13(16)14(18)17-12-9-8-10-6-4-5-7-11(10)12/h4-7,12-13H,8-9,16H2,1-3H3,(H,17,18)/t12?,13-/m0/s1. The van der Waals surface area contributed by atoms with E-state index in [4.69, 9.17) is 5.73 Å². The molecule has 0 saturated heterocycles. The molecule has 1 aromatic carbocycles. The summed E-state index contributed by atoms with van der Waals surface area (Å²) < 4.78 is 0. The van der Waals surface area contributed by atoms with Gasteiger partial charge in [-0.05, 0) is 29.4 Å². The van der Waals surface area contributed by atoms with Crippen LogP contribution >= 0.6 is 0 Å². The SMILES string of the molecule is CC(C)(C)[C@@H](N)C(=O)NC1CCc2ccccc21. The second-order valence-electron chi connectivity index (χ2n) is 6.14. The fraction of sp³-hybridized carbons (Fsp3) is 0.533. The number of benzene rings is 1. The highest BCUT2D eigenvalue weighted by Crippen LogP contribution is 2.31. The number of hydrogen-bond donors (Lipinski definition) is 2. The van der Waals surface area contributed by atoms with Crippen LogP contribution in [0.15, 0.2) is 24.3 Å². The van der Waals surface area contributed by atoms with E-state index in [-0.39, 0.29) is 17.4 Å². The first-order valence-electron chi connectivity index (χ1n) is 6.53. The van der Waals surface area contributed by atoms with Crippen molar-refractivity contribution in [2.75, 3.05) is 0 Å². The molecule has 1 unspecified atom stereocenters. The highest BCUT2D eigenvalue weighted by molar-refractivity contribution is 5.82. The lowest BCUT2D eigenvalue weighted by Gasteiger charge is -2.27. The summed E-state index contributed by atoms with van der Waals surface area (Å²) in [4.78, 5) is 12.1. The van der Waals surface area contributed by atoms with Gasteiger partial charge in [0.05, 0.1) is 12.1 Å². The number of amides is 1. The van der Waals surface area contributed by atoms with Crippen molar-refractivity contribution in [1.29, 1.82) is 0 Å². The van der Waals surface area contributed by atoms with Gasteiger partial charge in [0, 0.05) is 0 Å². The monoisotopic (exact) mass is 246 g/mol. The number of carbonyl (C=O) groups excluding carboxylic acids is 1. The predicted octanol–water partition coefficient (Wildman–Crippen LogP) is 2.16. The van der Waals surface area contributed by atoms with E-state index in [0.717, 1.165) is 12.8 Å². The summed E-state index contributed by atoms with van der Waals surface area (Å²) in [6, 6.07) is 7.95. The van der Waals surface area contributed by atoms with E-state index in [9.17, 15) is 4.79 Å². The maximum atomic E-state index is 12.1. The number of aryl methyl sites for hydroxylation is 1. The van der Waals surface area contributed by atoms with Crippen LogP contribution in [0.4, 0.5) is 0 Å². The lowest BCUT2D eigenvalue weighted by molar-refractivity contribution is -0.125. The van der Waals surface area contributed by atoms with Gasteiger partial charge in [0.2, 0.25) is 5.91 Å². The van der Waals surface area contributed by atoms with Gasteiger partial charge in [-0.2, -0.15) is 0 Å². The van der Waals surface area contributed by atoms with Gasteiger partial charge in [0.25, 0.3) is 0 Å². The molecule has 18 heavy (non-hydrogen) atoms. The first-order chi connectivity index (χ1) is 8.39.